The van der Waals surface area contributed by atoms with Gasteiger partial charge in [-0.3, -0.25) is 0 Å². The van der Waals surface area contributed by atoms with E-state index in [-0.39, 0.29) is 6.04 Å². The molecule has 0 saturated heterocycles. The second kappa shape index (κ2) is 6.58. The fraction of sp³-hybridized carbons (Fsp3) is 0.176. The monoisotopic (exact) mass is 373 g/mol. The predicted octanol–water partition coefficient (Wildman–Crippen LogP) is 4.10. The highest BCUT2D eigenvalue weighted by Gasteiger charge is 2.30. The van der Waals surface area contributed by atoms with Gasteiger partial charge in [-0.2, -0.15) is 5.10 Å². The van der Waals surface area contributed by atoms with Crippen LogP contribution in [0.15, 0.2) is 64.2 Å². The molecule has 0 amide bonds. The van der Waals surface area contributed by atoms with Gasteiger partial charge in [0, 0.05) is 17.9 Å². The van der Waals surface area contributed by atoms with Crippen molar-refractivity contribution in [3.05, 3.63) is 70.2 Å². The number of benzene rings is 2. The molecule has 1 aliphatic heterocycles. The smallest absolute Gasteiger partial charge is 0.189 e. The average molecular weight is 374 g/mol. The van der Waals surface area contributed by atoms with E-state index in [0.717, 1.165) is 22.2 Å². The van der Waals surface area contributed by atoms with E-state index in [0.29, 0.717) is 5.11 Å². The van der Waals surface area contributed by atoms with Gasteiger partial charge in [0.05, 0.1) is 11.8 Å². The highest BCUT2D eigenvalue weighted by atomic mass is 79.9. The number of thiocarbonyl (C=S) groups is 1. The molecule has 0 aromatic heterocycles. The van der Waals surface area contributed by atoms with Crippen LogP contribution in [0.2, 0.25) is 0 Å². The van der Waals surface area contributed by atoms with Crippen LogP contribution in [0.3, 0.4) is 0 Å². The maximum Gasteiger partial charge on any atom is 0.189 e. The van der Waals surface area contributed by atoms with Gasteiger partial charge >= 0.3 is 0 Å². The van der Waals surface area contributed by atoms with Crippen LogP contribution in [0, 0.1) is 0 Å². The average Bonchev–Trinajstić information content (AvgIpc) is 3.00. The number of hydrogen-bond acceptors (Lipinski definition) is 2. The molecule has 2 aromatic rings. The molecule has 5 heteroatoms. The summed E-state index contributed by atoms with van der Waals surface area (Å²) >= 11 is 8.96. The van der Waals surface area contributed by atoms with Crippen LogP contribution in [0.5, 0.6) is 0 Å². The standard InChI is InChI=1S/C17H16BrN3S/c1-19-17(22)21-16(13-8-5-9-14(18)10-13)11-15(20-21)12-6-3-2-4-7-12/h2-10,16H,11H2,1H3,(H,19,22). The summed E-state index contributed by atoms with van der Waals surface area (Å²) < 4.78 is 1.06. The first-order chi connectivity index (χ1) is 10.7. The van der Waals surface area contributed by atoms with Crippen molar-refractivity contribution >= 4 is 39.0 Å². The Bertz CT molecular complexity index is 715. The Morgan fingerprint density at radius 2 is 2.00 bits per heavy atom. The van der Waals surface area contributed by atoms with Crippen molar-refractivity contribution in [2.45, 2.75) is 12.5 Å². The van der Waals surface area contributed by atoms with Crippen LogP contribution in [0.1, 0.15) is 23.6 Å². The molecular weight excluding hydrogens is 358 g/mol. The molecule has 1 heterocycles. The highest BCUT2D eigenvalue weighted by molar-refractivity contribution is 9.10. The number of halogens is 1. The highest BCUT2D eigenvalue weighted by Crippen LogP contribution is 2.33. The first-order valence-corrected chi connectivity index (χ1v) is 8.28. The molecule has 1 aliphatic rings. The van der Waals surface area contributed by atoms with Gasteiger partial charge in [0.25, 0.3) is 0 Å². The first-order valence-electron chi connectivity index (χ1n) is 7.08. The Hall–Kier alpha value is -1.72. The van der Waals surface area contributed by atoms with E-state index in [1.165, 1.54) is 5.56 Å². The summed E-state index contributed by atoms with van der Waals surface area (Å²) in [6, 6.07) is 18.7. The Morgan fingerprint density at radius 3 is 2.68 bits per heavy atom. The van der Waals surface area contributed by atoms with Crippen molar-refractivity contribution in [1.29, 1.82) is 0 Å². The van der Waals surface area contributed by atoms with Crippen LogP contribution in [0.25, 0.3) is 0 Å². The van der Waals surface area contributed by atoms with E-state index in [1.54, 1.807) is 0 Å². The lowest BCUT2D eigenvalue weighted by molar-refractivity contribution is 0.366. The fourth-order valence-electron chi connectivity index (χ4n) is 2.59. The van der Waals surface area contributed by atoms with Crippen molar-refractivity contribution in [2.24, 2.45) is 5.10 Å². The Kier molecular flexibility index (Phi) is 4.55. The van der Waals surface area contributed by atoms with Crippen LogP contribution in [0.4, 0.5) is 0 Å². The van der Waals surface area contributed by atoms with Gasteiger partial charge in [-0.15, -0.1) is 0 Å². The predicted molar refractivity (Wildman–Crippen MR) is 98.0 cm³/mol. The minimum absolute atomic E-state index is 0.118. The molecule has 0 spiro atoms. The molecule has 22 heavy (non-hydrogen) atoms. The van der Waals surface area contributed by atoms with E-state index in [9.17, 15) is 0 Å². The molecule has 0 bridgehead atoms. The third-order valence-electron chi connectivity index (χ3n) is 3.67. The first kappa shape index (κ1) is 15.2. The lowest BCUT2D eigenvalue weighted by Crippen LogP contribution is -2.34. The van der Waals surface area contributed by atoms with Gasteiger partial charge in [0.2, 0.25) is 0 Å². The van der Waals surface area contributed by atoms with E-state index in [4.69, 9.17) is 17.3 Å². The van der Waals surface area contributed by atoms with E-state index >= 15 is 0 Å². The zero-order valence-corrected chi connectivity index (χ0v) is 14.6. The molecule has 3 rings (SSSR count). The molecule has 1 unspecified atom stereocenters. The van der Waals surface area contributed by atoms with Gasteiger partial charge in [0.15, 0.2) is 5.11 Å². The van der Waals surface area contributed by atoms with Crippen LogP contribution < -0.4 is 5.32 Å². The minimum atomic E-state index is 0.118. The van der Waals surface area contributed by atoms with Gasteiger partial charge in [0.1, 0.15) is 0 Å². The summed E-state index contributed by atoms with van der Waals surface area (Å²) in [6.07, 6.45) is 0.836. The number of hydrogen-bond donors (Lipinski definition) is 1. The SMILES string of the molecule is CNC(=S)N1N=C(c2ccccc2)CC1c1cccc(Br)c1. The number of hydrazone groups is 1. The second-order valence-corrected chi connectivity index (χ2v) is 6.39. The summed E-state index contributed by atoms with van der Waals surface area (Å²) in [5, 5.41) is 10.3. The summed E-state index contributed by atoms with van der Waals surface area (Å²) in [4.78, 5) is 0. The quantitative estimate of drug-likeness (QED) is 0.802. The molecule has 1 N–H and O–H groups in total. The molecule has 0 saturated carbocycles. The molecule has 0 aliphatic carbocycles. The van der Waals surface area contributed by atoms with Gasteiger partial charge in [-0.05, 0) is 35.5 Å². The molecule has 112 valence electrons. The minimum Gasteiger partial charge on any atom is -0.364 e. The fourth-order valence-corrected chi connectivity index (χ4v) is 3.18. The van der Waals surface area contributed by atoms with Crippen molar-refractivity contribution in [2.75, 3.05) is 7.05 Å². The maximum absolute atomic E-state index is 5.42. The van der Waals surface area contributed by atoms with Crippen LogP contribution in [-0.2, 0) is 0 Å². The summed E-state index contributed by atoms with van der Waals surface area (Å²) in [5.41, 5.74) is 3.40. The topological polar surface area (TPSA) is 27.6 Å². The molecule has 2 aromatic carbocycles. The zero-order chi connectivity index (χ0) is 15.5. The number of nitrogens with zero attached hydrogens (tertiary/aromatic N) is 2. The molecule has 1 atom stereocenters. The molecule has 0 radical (unpaired) electrons. The largest absolute Gasteiger partial charge is 0.364 e. The van der Waals surface area contributed by atoms with Crippen molar-refractivity contribution in [1.82, 2.24) is 10.3 Å². The summed E-state index contributed by atoms with van der Waals surface area (Å²) in [5.74, 6) is 0. The summed E-state index contributed by atoms with van der Waals surface area (Å²) in [7, 11) is 1.83. The summed E-state index contributed by atoms with van der Waals surface area (Å²) in [6.45, 7) is 0. The lowest BCUT2D eigenvalue weighted by atomic mass is 9.99. The van der Waals surface area contributed by atoms with E-state index in [1.807, 2.05) is 42.4 Å². The van der Waals surface area contributed by atoms with E-state index in [2.05, 4.69) is 45.5 Å². The number of rotatable bonds is 2. The molecule has 0 fully saturated rings. The van der Waals surface area contributed by atoms with Gasteiger partial charge in [-0.25, -0.2) is 5.01 Å². The molecule has 3 nitrogen and oxygen atoms in total. The lowest BCUT2D eigenvalue weighted by Gasteiger charge is -2.23. The Labute approximate surface area is 144 Å². The van der Waals surface area contributed by atoms with Crippen molar-refractivity contribution in [3.63, 3.8) is 0 Å². The van der Waals surface area contributed by atoms with Gasteiger partial charge in [-0.1, -0.05) is 58.4 Å². The normalized spacial score (nSPS) is 17.3. The Morgan fingerprint density at radius 1 is 1.23 bits per heavy atom. The van der Waals surface area contributed by atoms with Gasteiger partial charge < -0.3 is 5.32 Å². The number of nitrogens with one attached hydrogen (secondary N) is 1. The third-order valence-corrected chi connectivity index (χ3v) is 4.56. The maximum atomic E-state index is 5.42. The molecular formula is C17H16BrN3S. The van der Waals surface area contributed by atoms with Crippen LogP contribution in [-0.4, -0.2) is 22.9 Å². The van der Waals surface area contributed by atoms with Crippen LogP contribution >= 0.6 is 28.1 Å². The zero-order valence-electron chi connectivity index (χ0n) is 12.2. The van der Waals surface area contributed by atoms with E-state index < -0.39 is 0 Å². The van der Waals surface area contributed by atoms with Crippen molar-refractivity contribution in [3.8, 4) is 0 Å². The Balaban J connectivity index is 1.96. The third kappa shape index (κ3) is 3.05. The van der Waals surface area contributed by atoms with Crippen molar-refractivity contribution < 1.29 is 0 Å². The second-order valence-electron chi connectivity index (χ2n) is 5.09.